The Kier molecular flexibility index (Phi) is 26.5. The summed E-state index contributed by atoms with van der Waals surface area (Å²) in [6, 6.07) is 44.9. The number of hydrogen-bond donors (Lipinski definition) is 6. The zero-order valence-electron chi connectivity index (χ0n) is 37.7. The second kappa shape index (κ2) is 32.2. The van der Waals surface area contributed by atoms with E-state index in [0.717, 1.165) is 0 Å². The third-order valence-corrected chi connectivity index (χ3v) is 9.40. The van der Waals surface area contributed by atoms with E-state index in [2.05, 4.69) is 21.3 Å². The molecule has 16 heteroatoms. The molecule has 0 aliphatic carbocycles. The molecule has 0 heterocycles. The maximum absolute atomic E-state index is 12.6. The number of rotatable bonds is 19. The number of aliphatic hydroxyl groups is 2. The molecule has 0 aromatic heterocycles. The van der Waals surface area contributed by atoms with Crippen molar-refractivity contribution in [1.29, 1.82) is 0 Å². The fourth-order valence-electron chi connectivity index (χ4n) is 5.97. The van der Waals surface area contributed by atoms with Crippen LogP contribution in [0.15, 0.2) is 164 Å². The maximum atomic E-state index is 12.6. The molecule has 4 amide bonds. The predicted molar refractivity (Wildman–Crippen MR) is 270 cm³/mol. The van der Waals surface area contributed by atoms with Gasteiger partial charge < -0.3 is 41.0 Å². The zero-order valence-corrected chi connectivity index (χ0v) is 37.7. The van der Waals surface area contributed by atoms with Crippen LogP contribution in [0, 0.1) is 0 Å². The molecular formula is C55H60N4O12. The van der Waals surface area contributed by atoms with Crippen LogP contribution in [-0.4, -0.2) is 110 Å². The predicted octanol–water partition coefficient (Wildman–Crippen LogP) is 7.12. The van der Waals surface area contributed by atoms with Gasteiger partial charge in [-0.25, -0.2) is 19.2 Å². The van der Waals surface area contributed by atoms with Crippen molar-refractivity contribution in [3.05, 3.63) is 214 Å². The Bertz CT molecular complexity index is 2530. The molecule has 0 saturated carbocycles. The number of aliphatic hydroxyl groups excluding tert-OH is 2. The van der Waals surface area contributed by atoms with E-state index in [1.54, 1.807) is 121 Å². The Labute approximate surface area is 413 Å². The van der Waals surface area contributed by atoms with E-state index < -0.39 is 18.0 Å². The van der Waals surface area contributed by atoms with Crippen LogP contribution in [0.25, 0.3) is 0 Å². The summed E-state index contributed by atoms with van der Waals surface area (Å²) in [5, 5.41) is 26.3. The summed E-state index contributed by atoms with van der Waals surface area (Å²) in [6.07, 6.45) is 0. The summed E-state index contributed by atoms with van der Waals surface area (Å²) in [5.41, 5.74) is 3.93. The Morgan fingerprint density at radius 3 is 0.944 bits per heavy atom. The van der Waals surface area contributed by atoms with Gasteiger partial charge in [0, 0.05) is 52.0 Å². The lowest BCUT2D eigenvalue weighted by Crippen LogP contribution is -2.39. The van der Waals surface area contributed by atoms with Crippen LogP contribution < -0.4 is 21.3 Å². The van der Waals surface area contributed by atoms with Crippen LogP contribution in [0.4, 0.5) is 9.59 Å². The molecular weight excluding hydrogens is 909 g/mol. The SMILES string of the molecule is C.C.CC(=O)c1cccc(C(=O)c2ccccc2)c1.O=C(NCCO)NCCO.O=C(NCCOC(=O)c1cccc(C(=O)c2ccccc2)c1)NCCOC(=O)c1cccc(C(=O)c2ccccc2)c1. The number of nitrogens with one attached hydrogen (secondary N) is 4. The second-order valence-corrected chi connectivity index (χ2v) is 14.5. The number of esters is 2. The quantitative estimate of drug-likeness (QED) is 0.0270. The molecule has 0 fully saturated rings. The van der Waals surface area contributed by atoms with Crippen molar-refractivity contribution in [3.8, 4) is 0 Å². The van der Waals surface area contributed by atoms with Crippen molar-refractivity contribution >= 4 is 47.1 Å². The number of ether oxygens (including phenoxy) is 2. The minimum absolute atomic E-state index is 0. The zero-order chi connectivity index (χ0) is 49.8. The van der Waals surface area contributed by atoms with Gasteiger partial charge in [-0.3, -0.25) is 19.2 Å². The molecule has 6 aromatic carbocycles. The highest BCUT2D eigenvalue weighted by molar-refractivity contribution is 6.11. The smallest absolute Gasteiger partial charge is 0.338 e. The molecule has 0 spiro atoms. The van der Waals surface area contributed by atoms with Gasteiger partial charge >= 0.3 is 24.0 Å². The van der Waals surface area contributed by atoms with Gasteiger partial charge in [0.05, 0.1) is 37.4 Å². The molecule has 6 rings (SSSR count). The highest BCUT2D eigenvalue weighted by Gasteiger charge is 2.15. The number of carbonyl (C=O) groups excluding carboxylic acids is 8. The topological polar surface area (TPSA) is 244 Å². The first-order chi connectivity index (χ1) is 33.4. The van der Waals surface area contributed by atoms with Crippen molar-refractivity contribution in [3.63, 3.8) is 0 Å². The van der Waals surface area contributed by atoms with Crippen LogP contribution in [0.5, 0.6) is 0 Å². The highest BCUT2D eigenvalue weighted by Crippen LogP contribution is 2.15. The van der Waals surface area contributed by atoms with Crippen LogP contribution in [0.1, 0.15) is 101 Å². The van der Waals surface area contributed by atoms with E-state index in [1.165, 1.54) is 19.1 Å². The van der Waals surface area contributed by atoms with Crippen molar-refractivity contribution in [2.45, 2.75) is 21.8 Å². The van der Waals surface area contributed by atoms with Gasteiger partial charge in [0.15, 0.2) is 23.1 Å². The Hall–Kier alpha value is -8.60. The van der Waals surface area contributed by atoms with E-state index >= 15 is 0 Å². The van der Waals surface area contributed by atoms with E-state index in [1.807, 2.05) is 30.3 Å². The second-order valence-electron chi connectivity index (χ2n) is 14.5. The number of carbonyl (C=O) groups is 8. The minimum Gasteiger partial charge on any atom is -0.460 e. The lowest BCUT2D eigenvalue weighted by Gasteiger charge is -2.10. The van der Waals surface area contributed by atoms with Gasteiger partial charge in [0.2, 0.25) is 0 Å². The molecule has 71 heavy (non-hydrogen) atoms. The summed E-state index contributed by atoms with van der Waals surface area (Å²) in [4.78, 5) is 95.9. The van der Waals surface area contributed by atoms with Gasteiger partial charge in [-0.1, -0.05) is 148 Å². The first kappa shape index (κ1) is 58.5. The minimum atomic E-state index is -0.624. The maximum Gasteiger partial charge on any atom is 0.338 e. The Balaban J connectivity index is 0.000000488. The summed E-state index contributed by atoms with van der Waals surface area (Å²) < 4.78 is 10.4. The summed E-state index contributed by atoms with van der Waals surface area (Å²) in [7, 11) is 0. The molecule has 6 aromatic rings. The number of Topliss-reactive ketones (excluding diaryl/α,β-unsaturated/α-hetero) is 1. The number of urea groups is 2. The van der Waals surface area contributed by atoms with Gasteiger partial charge in [-0.05, 0) is 37.3 Å². The molecule has 6 N–H and O–H groups in total. The highest BCUT2D eigenvalue weighted by atomic mass is 16.5. The van der Waals surface area contributed by atoms with Crippen LogP contribution in [0.2, 0.25) is 0 Å². The van der Waals surface area contributed by atoms with Gasteiger partial charge in [0.1, 0.15) is 13.2 Å². The van der Waals surface area contributed by atoms with Crippen molar-refractivity contribution in [2.75, 3.05) is 52.6 Å². The van der Waals surface area contributed by atoms with Crippen LogP contribution in [0.3, 0.4) is 0 Å². The lowest BCUT2D eigenvalue weighted by atomic mass is 10.0. The third-order valence-electron chi connectivity index (χ3n) is 9.40. The van der Waals surface area contributed by atoms with E-state index in [9.17, 15) is 38.4 Å². The standard InChI is InChI=1S/C33H28N2O7.C15H12O2.C5H12N2O3.2CH4/c36-29(23-9-3-1-4-10-23)25-13-7-15-27(21-25)31(38)41-19-17-34-33(40)35-18-20-42-32(39)28-16-8-14-26(22-28)30(37)24-11-5-2-6-12-24;1-11(16)13-8-5-9-14(10-13)15(17)12-6-3-2-4-7-12;8-3-1-6-5(10)7-2-4-9;;/h1-16,21-22H,17-20H2,(H2,34,35,40);2-10H,1H3;8-9H,1-4H2,(H2,6,7,10);2*1H4. The fraction of sp³-hybridized carbons (Fsp3) is 0.200. The summed E-state index contributed by atoms with van der Waals surface area (Å²) >= 11 is 0. The Morgan fingerprint density at radius 1 is 0.366 bits per heavy atom. The van der Waals surface area contributed by atoms with E-state index in [4.69, 9.17) is 19.7 Å². The van der Waals surface area contributed by atoms with Crippen LogP contribution in [-0.2, 0) is 9.47 Å². The molecule has 0 unspecified atom stereocenters. The molecule has 0 aliphatic rings. The monoisotopic (exact) mass is 968 g/mol. The molecule has 0 radical (unpaired) electrons. The molecule has 372 valence electrons. The summed E-state index contributed by atoms with van der Waals surface area (Å²) in [5.74, 6) is -1.76. The lowest BCUT2D eigenvalue weighted by molar-refractivity contribution is 0.0506. The number of hydrogen-bond acceptors (Lipinski definition) is 12. The number of ketones is 4. The van der Waals surface area contributed by atoms with Gasteiger partial charge in [-0.2, -0.15) is 0 Å². The first-order valence-corrected chi connectivity index (χ1v) is 21.6. The molecule has 0 atom stereocenters. The molecule has 0 saturated heterocycles. The largest absolute Gasteiger partial charge is 0.460 e. The number of benzene rings is 6. The average molecular weight is 969 g/mol. The average Bonchev–Trinajstić information content (AvgIpc) is 3.40. The fourth-order valence-corrected chi connectivity index (χ4v) is 5.97. The number of amides is 4. The van der Waals surface area contributed by atoms with Crippen molar-refractivity contribution in [1.82, 2.24) is 21.3 Å². The Morgan fingerprint density at radius 2 is 0.634 bits per heavy atom. The third kappa shape index (κ3) is 20.3. The van der Waals surface area contributed by atoms with Gasteiger partial charge in [0.25, 0.3) is 0 Å². The van der Waals surface area contributed by atoms with E-state index in [-0.39, 0.29) is 108 Å². The first-order valence-electron chi connectivity index (χ1n) is 21.6. The van der Waals surface area contributed by atoms with Gasteiger partial charge in [-0.15, -0.1) is 0 Å². The van der Waals surface area contributed by atoms with E-state index in [0.29, 0.717) is 38.9 Å². The molecule has 16 nitrogen and oxygen atoms in total. The summed E-state index contributed by atoms with van der Waals surface area (Å²) in [6.45, 7) is 1.72. The van der Waals surface area contributed by atoms with Crippen molar-refractivity contribution < 1.29 is 58.0 Å². The van der Waals surface area contributed by atoms with Crippen LogP contribution >= 0.6 is 0 Å². The van der Waals surface area contributed by atoms with Crippen molar-refractivity contribution in [2.24, 2.45) is 0 Å². The molecule has 0 aliphatic heterocycles. The molecule has 0 bridgehead atoms. The normalized spacial score (nSPS) is 9.73.